The molecule has 0 aromatic heterocycles. The van der Waals surface area contributed by atoms with Crippen molar-refractivity contribution in [1.29, 1.82) is 0 Å². The number of rotatable bonds is 0. The minimum absolute atomic E-state index is 0.377. The van der Waals surface area contributed by atoms with Gasteiger partial charge in [0.25, 0.3) is 0 Å². The molecule has 19 heavy (non-hydrogen) atoms. The summed E-state index contributed by atoms with van der Waals surface area (Å²) in [5, 5.41) is 9.91. The lowest BCUT2D eigenvalue weighted by atomic mass is 9.52. The van der Waals surface area contributed by atoms with Crippen molar-refractivity contribution in [3.8, 4) is 5.75 Å². The van der Waals surface area contributed by atoms with Crippen LogP contribution >= 0.6 is 0 Å². The molecule has 1 aliphatic heterocycles. The highest BCUT2D eigenvalue weighted by Gasteiger charge is 2.52. The monoisotopic (exact) mass is 257 g/mol. The maximum absolute atomic E-state index is 9.91. The highest BCUT2D eigenvalue weighted by molar-refractivity contribution is 5.45. The minimum Gasteiger partial charge on any atom is -0.508 e. The molecule has 4 rings (SSSR count). The largest absolute Gasteiger partial charge is 0.508 e. The van der Waals surface area contributed by atoms with E-state index in [0.717, 1.165) is 12.0 Å². The highest BCUT2D eigenvalue weighted by Crippen LogP contribution is 2.55. The van der Waals surface area contributed by atoms with Crippen LogP contribution < -0.4 is 0 Å². The van der Waals surface area contributed by atoms with E-state index < -0.39 is 0 Å². The lowest BCUT2D eigenvalue weighted by Gasteiger charge is -2.58. The molecule has 0 amide bonds. The van der Waals surface area contributed by atoms with Gasteiger partial charge < -0.3 is 10.0 Å². The summed E-state index contributed by atoms with van der Waals surface area (Å²) in [6.07, 6.45) is 7.93. The zero-order valence-electron chi connectivity index (χ0n) is 11.7. The van der Waals surface area contributed by atoms with E-state index in [9.17, 15) is 5.11 Å². The third-order valence-corrected chi connectivity index (χ3v) is 6.10. The Kier molecular flexibility index (Phi) is 2.47. The molecule has 3 aliphatic rings. The number of likely N-dealkylation sites (N-methyl/N-ethyl adjacent to an activating group) is 1. The normalized spacial score (nSPS) is 37.5. The van der Waals surface area contributed by atoms with Crippen LogP contribution in [0.5, 0.6) is 5.75 Å². The summed E-state index contributed by atoms with van der Waals surface area (Å²) in [4.78, 5) is 2.59. The van der Waals surface area contributed by atoms with Gasteiger partial charge in [-0.05, 0) is 68.5 Å². The van der Waals surface area contributed by atoms with Crippen LogP contribution in [-0.2, 0) is 11.8 Å². The first-order chi connectivity index (χ1) is 9.21. The van der Waals surface area contributed by atoms with E-state index >= 15 is 0 Å². The summed E-state index contributed by atoms with van der Waals surface area (Å²) < 4.78 is 0. The predicted octanol–water partition coefficient (Wildman–Crippen LogP) is 3.08. The van der Waals surface area contributed by atoms with E-state index in [1.165, 1.54) is 56.2 Å². The Labute approximate surface area is 115 Å². The fourth-order valence-electron chi connectivity index (χ4n) is 5.18. The van der Waals surface area contributed by atoms with Gasteiger partial charge in [-0.2, -0.15) is 0 Å². The summed E-state index contributed by atoms with van der Waals surface area (Å²) in [5.41, 5.74) is 3.36. The molecule has 2 heteroatoms. The topological polar surface area (TPSA) is 23.5 Å². The Morgan fingerprint density at radius 3 is 3.05 bits per heavy atom. The number of phenols is 1. The molecule has 1 unspecified atom stereocenters. The van der Waals surface area contributed by atoms with Crippen LogP contribution in [0, 0.1) is 5.92 Å². The van der Waals surface area contributed by atoms with Gasteiger partial charge in [0.1, 0.15) is 5.75 Å². The van der Waals surface area contributed by atoms with E-state index in [0.29, 0.717) is 11.2 Å². The number of likely N-dealkylation sites (tertiary alicyclic amines) is 1. The number of fused-ring (bicyclic) bond motifs is 1. The van der Waals surface area contributed by atoms with Gasteiger partial charge in [0.05, 0.1) is 0 Å². The maximum Gasteiger partial charge on any atom is 0.115 e. The summed E-state index contributed by atoms with van der Waals surface area (Å²) in [5.74, 6) is 1.27. The number of hydrogen-bond donors (Lipinski definition) is 1. The second-order valence-corrected chi connectivity index (χ2v) is 6.85. The lowest BCUT2D eigenvalue weighted by molar-refractivity contribution is 0.00274. The van der Waals surface area contributed by atoms with E-state index in [1.54, 1.807) is 0 Å². The van der Waals surface area contributed by atoms with Gasteiger partial charge in [0.15, 0.2) is 0 Å². The predicted molar refractivity (Wildman–Crippen MR) is 76.5 cm³/mol. The smallest absolute Gasteiger partial charge is 0.115 e. The second kappa shape index (κ2) is 3.99. The van der Waals surface area contributed by atoms with E-state index in [2.05, 4.69) is 24.1 Å². The Balaban J connectivity index is 1.90. The van der Waals surface area contributed by atoms with Gasteiger partial charge in [0, 0.05) is 11.5 Å². The van der Waals surface area contributed by atoms with Gasteiger partial charge in [-0.15, -0.1) is 0 Å². The van der Waals surface area contributed by atoms with Crippen LogP contribution in [0.15, 0.2) is 18.2 Å². The second-order valence-electron chi connectivity index (χ2n) is 6.85. The van der Waals surface area contributed by atoms with Crippen molar-refractivity contribution in [2.75, 3.05) is 13.6 Å². The Hall–Kier alpha value is -1.02. The van der Waals surface area contributed by atoms with Crippen molar-refractivity contribution in [3.63, 3.8) is 0 Å². The lowest BCUT2D eigenvalue weighted by Crippen LogP contribution is -2.59. The van der Waals surface area contributed by atoms with Gasteiger partial charge >= 0.3 is 0 Å². The molecule has 0 spiro atoms. The molecule has 102 valence electrons. The van der Waals surface area contributed by atoms with Crippen molar-refractivity contribution in [1.82, 2.24) is 4.90 Å². The van der Waals surface area contributed by atoms with Gasteiger partial charge in [-0.1, -0.05) is 18.9 Å². The van der Waals surface area contributed by atoms with Gasteiger partial charge in [-0.3, -0.25) is 0 Å². The fourth-order valence-corrected chi connectivity index (χ4v) is 5.18. The molecule has 0 radical (unpaired) electrons. The molecular formula is C17H23NO. The standard InChI is InChI=1S/C17H23NO/c1-18-9-8-17-7-3-2-4-14(17)16(18)10-12-5-6-13(19)11-15(12)17/h5-6,11,14,16,19H,2-4,7-10H2,1H3/t14-,16+,17?/m1/s1. The zero-order valence-corrected chi connectivity index (χ0v) is 11.7. The first kappa shape index (κ1) is 11.8. The third-order valence-electron chi connectivity index (χ3n) is 6.10. The third kappa shape index (κ3) is 1.53. The van der Waals surface area contributed by atoms with Crippen LogP contribution in [0.1, 0.15) is 43.2 Å². The van der Waals surface area contributed by atoms with Crippen molar-refractivity contribution in [2.24, 2.45) is 5.92 Å². The highest BCUT2D eigenvalue weighted by atomic mass is 16.3. The number of hydrogen-bond acceptors (Lipinski definition) is 2. The molecule has 1 aromatic rings. The van der Waals surface area contributed by atoms with E-state index in [4.69, 9.17) is 0 Å². The summed E-state index contributed by atoms with van der Waals surface area (Å²) in [7, 11) is 2.30. The van der Waals surface area contributed by atoms with Crippen molar-refractivity contribution < 1.29 is 5.11 Å². The maximum atomic E-state index is 9.91. The van der Waals surface area contributed by atoms with Crippen molar-refractivity contribution in [2.45, 2.75) is 50.0 Å². The number of benzene rings is 1. The first-order valence-corrected chi connectivity index (χ1v) is 7.73. The fraction of sp³-hybridized carbons (Fsp3) is 0.647. The average Bonchev–Trinajstić information content (AvgIpc) is 2.43. The van der Waals surface area contributed by atoms with Crippen LogP contribution in [-0.4, -0.2) is 29.6 Å². The number of piperidine rings is 1. The molecule has 3 atom stereocenters. The molecule has 1 aromatic carbocycles. The quantitative estimate of drug-likeness (QED) is 0.772. The summed E-state index contributed by atoms with van der Waals surface area (Å²) >= 11 is 0. The van der Waals surface area contributed by atoms with E-state index in [-0.39, 0.29) is 0 Å². The number of aromatic hydroxyl groups is 1. The Morgan fingerprint density at radius 1 is 1.26 bits per heavy atom. The molecule has 1 saturated heterocycles. The first-order valence-electron chi connectivity index (χ1n) is 7.73. The molecule has 2 bridgehead atoms. The minimum atomic E-state index is 0.377. The van der Waals surface area contributed by atoms with Crippen molar-refractivity contribution in [3.05, 3.63) is 29.3 Å². The average molecular weight is 257 g/mol. The molecule has 2 nitrogen and oxygen atoms in total. The molecule has 1 saturated carbocycles. The van der Waals surface area contributed by atoms with Crippen molar-refractivity contribution >= 4 is 0 Å². The van der Waals surface area contributed by atoms with Crippen LogP contribution in [0.3, 0.4) is 0 Å². The Morgan fingerprint density at radius 2 is 2.16 bits per heavy atom. The molecular weight excluding hydrogens is 234 g/mol. The molecule has 1 N–H and O–H groups in total. The molecule has 2 aliphatic carbocycles. The molecule has 2 fully saturated rings. The Bertz CT molecular complexity index is 512. The zero-order chi connectivity index (χ0) is 13.0. The van der Waals surface area contributed by atoms with Gasteiger partial charge in [0.2, 0.25) is 0 Å². The summed E-state index contributed by atoms with van der Waals surface area (Å²) in [6, 6.07) is 6.85. The van der Waals surface area contributed by atoms with E-state index in [1.807, 2.05) is 6.07 Å². The van der Waals surface area contributed by atoms with Crippen LogP contribution in [0.4, 0.5) is 0 Å². The molecule has 1 heterocycles. The number of nitrogens with zero attached hydrogens (tertiary/aromatic N) is 1. The van der Waals surface area contributed by atoms with Crippen LogP contribution in [0.2, 0.25) is 0 Å². The van der Waals surface area contributed by atoms with Gasteiger partial charge in [-0.25, -0.2) is 0 Å². The number of phenolic OH excluding ortho intramolecular Hbond substituents is 1. The SMILES string of the molecule is CN1CCC23CCCC[C@@H]2[C@@H]1Cc1ccc(O)cc13. The van der Waals surface area contributed by atoms with Crippen LogP contribution in [0.25, 0.3) is 0 Å². The summed E-state index contributed by atoms with van der Waals surface area (Å²) in [6.45, 7) is 1.22.